The van der Waals surface area contributed by atoms with Gasteiger partial charge in [0.2, 0.25) is 0 Å². The van der Waals surface area contributed by atoms with Crippen molar-refractivity contribution in [1.29, 1.82) is 0 Å². The Kier molecular flexibility index (Phi) is 6.11. The third-order valence-electron chi connectivity index (χ3n) is 3.80. The normalized spacial score (nSPS) is 16.1. The van der Waals surface area contributed by atoms with Crippen molar-refractivity contribution in [3.63, 3.8) is 0 Å². The predicted molar refractivity (Wildman–Crippen MR) is 81.6 cm³/mol. The van der Waals surface area contributed by atoms with Crippen LogP contribution in [-0.4, -0.2) is 28.7 Å². The van der Waals surface area contributed by atoms with Gasteiger partial charge in [0.15, 0.2) is 0 Å². The topological polar surface area (TPSA) is 57.5 Å². The minimum absolute atomic E-state index is 0.0103. The maximum Gasteiger partial charge on any atom is 0.135 e. The Bertz CT molecular complexity index is 491. The average molecular weight is 276 g/mol. The van der Waals surface area contributed by atoms with Crippen LogP contribution in [0.4, 0.5) is 0 Å². The zero-order valence-electron chi connectivity index (χ0n) is 12.6. The van der Waals surface area contributed by atoms with Crippen LogP contribution in [-0.2, 0) is 4.79 Å². The Morgan fingerprint density at radius 3 is 2.55 bits per heavy atom. The van der Waals surface area contributed by atoms with Crippen molar-refractivity contribution in [2.45, 2.75) is 39.7 Å². The number of ketones is 1. The number of hydrogen-bond acceptors (Lipinski definition) is 3. The second-order valence-electron chi connectivity index (χ2n) is 5.40. The fourth-order valence-corrected chi connectivity index (χ4v) is 2.29. The van der Waals surface area contributed by atoms with E-state index in [-0.39, 0.29) is 24.2 Å². The number of carbonyl (C=O) groups excluding carboxylic acids is 1. The second-order valence-corrected chi connectivity index (χ2v) is 5.40. The van der Waals surface area contributed by atoms with Gasteiger partial charge in [0, 0.05) is 11.8 Å². The standard InChI is InChI=1S/C17H24O3/c1-11-7-8-16(15(10-11)6-5-9-18)13(3)17(20)12(2)14(4)19/h5-8,10,12-13,17-18,20H,9H2,1-4H3/t12-,13+,17+/m0/s1. The minimum Gasteiger partial charge on any atom is -0.392 e. The molecule has 20 heavy (non-hydrogen) atoms. The van der Waals surface area contributed by atoms with Gasteiger partial charge in [-0.05, 0) is 25.0 Å². The first kappa shape index (κ1) is 16.6. The summed E-state index contributed by atoms with van der Waals surface area (Å²) in [5.41, 5.74) is 3.08. The highest BCUT2D eigenvalue weighted by Gasteiger charge is 2.26. The summed E-state index contributed by atoms with van der Waals surface area (Å²) in [6.07, 6.45) is 2.81. The number of aliphatic hydroxyl groups excluding tert-OH is 2. The van der Waals surface area contributed by atoms with Gasteiger partial charge in [-0.1, -0.05) is 49.8 Å². The van der Waals surface area contributed by atoms with Crippen LogP contribution < -0.4 is 0 Å². The fraction of sp³-hybridized carbons (Fsp3) is 0.471. The van der Waals surface area contributed by atoms with E-state index in [4.69, 9.17) is 5.11 Å². The molecule has 0 aliphatic carbocycles. The van der Waals surface area contributed by atoms with Gasteiger partial charge < -0.3 is 10.2 Å². The Hall–Kier alpha value is -1.45. The smallest absolute Gasteiger partial charge is 0.135 e. The van der Waals surface area contributed by atoms with Crippen LogP contribution >= 0.6 is 0 Å². The Morgan fingerprint density at radius 1 is 1.35 bits per heavy atom. The molecule has 0 heterocycles. The summed E-state index contributed by atoms with van der Waals surface area (Å²) in [5.74, 6) is -0.544. The molecule has 0 radical (unpaired) electrons. The van der Waals surface area contributed by atoms with E-state index in [1.807, 2.05) is 38.1 Å². The Balaban J connectivity index is 3.11. The molecule has 3 atom stereocenters. The maximum absolute atomic E-state index is 11.4. The highest BCUT2D eigenvalue weighted by atomic mass is 16.3. The molecule has 2 N–H and O–H groups in total. The van der Waals surface area contributed by atoms with Gasteiger partial charge in [-0.2, -0.15) is 0 Å². The number of carbonyl (C=O) groups is 1. The average Bonchev–Trinajstić information content (AvgIpc) is 2.42. The van der Waals surface area contributed by atoms with Crippen LogP contribution in [0.1, 0.15) is 43.4 Å². The molecule has 0 aliphatic heterocycles. The lowest BCUT2D eigenvalue weighted by Gasteiger charge is -2.25. The van der Waals surface area contributed by atoms with E-state index in [1.165, 1.54) is 6.92 Å². The van der Waals surface area contributed by atoms with Crippen LogP contribution in [0.5, 0.6) is 0 Å². The van der Waals surface area contributed by atoms with Gasteiger partial charge >= 0.3 is 0 Å². The molecule has 0 bridgehead atoms. The van der Waals surface area contributed by atoms with E-state index in [0.717, 1.165) is 16.7 Å². The molecule has 0 aromatic heterocycles. The number of aryl methyl sites for hydroxylation is 1. The largest absolute Gasteiger partial charge is 0.392 e. The van der Waals surface area contributed by atoms with Crippen molar-refractivity contribution in [3.05, 3.63) is 41.0 Å². The molecule has 3 heteroatoms. The summed E-state index contributed by atoms with van der Waals surface area (Å²) in [4.78, 5) is 11.4. The monoisotopic (exact) mass is 276 g/mol. The molecule has 0 saturated carbocycles. The maximum atomic E-state index is 11.4. The van der Waals surface area contributed by atoms with Crippen LogP contribution in [0.3, 0.4) is 0 Å². The van der Waals surface area contributed by atoms with Gasteiger partial charge in [-0.15, -0.1) is 0 Å². The molecule has 1 aromatic carbocycles. The lowest BCUT2D eigenvalue weighted by atomic mass is 9.83. The summed E-state index contributed by atoms with van der Waals surface area (Å²) in [6, 6.07) is 5.99. The Labute approximate surface area is 121 Å². The number of aliphatic hydroxyl groups is 2. The first-order chi connectivity index (χ1) is 9.38. The van der Waals surface area contributed by atoms with E-state index in [1.54, 1.807) is 13.0 Å². The van der Waals surface area contributed by atoms with Crippen molar-refractivity contribution in [2.75, 3.05) is 6.61 Å². The Morgan fingerprint density at radius 2 is 2.00 bits per heavy atom. The van der Waals surface area contributed by atoms with Crippen molar-refractivity contribution in [3.8, 4) is 0 Å². The van der Waals surface area contributed by atoms with Crippen LogP contribution in [0.15, 0.2) is 24.3 Å². The second kappa shape index (κ2) is 7.36. The third-order valence-corrected chi connectivity index (χ3v) is 3.80. The summed E-state index contributed by atoms with van der Waals surface area (Å²) < 4.78 is 0. The molecule has 110 valence electrons. The third kappa shape index (κ3) is 4.02. The van der Waals surface area contributed by atoms with Crippen molar-refractivity contribution >= 4 is 11.9 Å². The molecule has 0 saturated heterocycles. The van der Waals surface area contributed by atoms with E-state index >= 15 is 0 Å². The molecule has 1 rings (SSSR count). The lowest BCUT2D eigenvalue weighted by molar-refractivity contribution is -0.123. The van der Waals surface area contributed by atoms with Crippen molar-refractivity contribution in [1.82, 2.24) is 0 Å². The van der Waals surface area contributed by atoms with Gasteiger partial charge in [0.1, 0.15) is 5.78 Å². The van der Waals surface area contributed by atoms with Gasteiger partial charge in [0.25, 0.3) is 0 Å². The molecule has 0 aliphatic rings. The molecule has 0 spiro atoms. The highest BCUT2D eigenvalue weighted by molar-refractivity contribution is 5.78. The molecule has 0 amide bonds. The lowest BCUT2D eigenvalue weighted by Crippen LogP contribution is -2.29. The van der Waals surface area contributed by atoms with E-state index < -0.39 is 6.10 Å². The highest BCUT2D eigenvalue weighted by Crippen LogP contribution is 2.28. The van der Waals surface area contributed by atoms with Crippen LogP contribution in [0, 0.1) is 12.8 Å². The molecule has 0 unspecified atom stereocenters. The molecular weight excluding hydrogens is 252 g/mol. The molecule has 1 aromatic rings. The first-order valence-corrected chi connectivity index (χ1v) is 6.95. The number of benzene rings is 1. The first-order valence-electron chi connectivity index (χ1n) is 6.95. The minimum atomic E-state index is -0.712. The number of Topliss-reactive ketones (excluding diaryl/α,β-unsaturated/α-hetero) is 1. The SMILES string of the molecule is CC(=O)[C@H](C)[C@@H](O)[C@H](C)c1ccc(C)cc1C=CCO. The molecule has 0 fully saturated rings. The quantitative estimate of drug-likeness (QED) is 0.840. The number of hydrogen-bond donors (Lipinski definition) is 2. The fourth-order valence-electron chi connectivity index (χ4n) is 2.29. The van der Waals surface area contributed by atoms with E-state index in [9.17, 15) is 9.90 Å². The zero-order chi connectivity index (χ0) is 15.3. The summed E-state index contributed by atoms with van der Waals surface area (Å²) in [6.45, 7) is 7.15. The van der Waals surface area contributed by atoms with Gasteiger partial charge in [-0.3, -0.25) is 4.79 Å². The van der Waals surface area contributed by atoms with E-state index in [0.29, 0.717) is 0 Å². The van der Waals surface area contributed by atoms with Gasteiger partial charge in [-0.25, -0.2) is 0 Å². The zero-order valence-corrected chi connectivity index (χ0v) is 12.6. The summed E-state index contributed by atoms with van der Waals surface area (Å²) in [5, 5.41) is 19.3. The van der Waals surface area contributed by atoms with Crippen molar-refractivity contribution < 1.29 is 15.0 Å². The summed E-state index contributed by atoms with van der Waals surface area (Å²) >= 11 is 0. The predicted octanol–water partition coefficient (Wildman–Crippen LogP) is 2.69. The summed E-state index contributed by atoms with van der Waals surface area (Å²) in [7, 11) is 0. The van der Waals surface area contributed by atoms with Crippen molar-refractivity contribution in [2.24, 2.45) is 5.92 Å². The van der Waals surface area contributed by atoms with Crippen LogP contribution in [0.2, 0.25) is 0 Å². The van der Waals surface area contributed by atoms with Crippen LogP contribution in [0.25, 0.3) is 6.08 Å². The molecular formula is C17H24O3. The number of rotatable bonds is 6. The molecule has 3 nitrogen and oxygen atoms in total. The van der Waals surface area contributed by atoms with Gasteiger partial charge in [0.05, 0.1) is 12.7 Å². The van der Waals surface area contributed by atoms with E-state index in [2.05, 4.69) is 0 Å².